The molecule has 0 unspecified atom stereocenters. The van der Waals surface area contributed by atoms with Crippen LogP contribution in [0.3, 0.4) is 0 Å². The number of hydrogen-bond acceptors (Lipinski definition) is 3. The molecule has 48 heavy (non-hydrogen) atoms. The maximum atomic E-state index is 8.69. The molecule has 0 amide bonds. The van der Waals surface area contributed by atoms with Gasteiger partial charge in [-0.15, -0.1) is 0 Å². The van der Waals surface area contributed by atoms with Crippen LogP contribution >= 0.6 is 0 Å². The summed E-state index contributed by atoms with van der Waals surface area (Å²) in [7, 11) is 0. The van der Waals surface area contributed by atoms with Crippen molar-refractivity contribution in [1.82, 2.24) is 0 Å². The largest absolute Gasteiger partial charge is 0.310 e. The quantitative estimate of drug-likeness (QED) is 0.205. The maximum Gasteiger partial charge on any atom is 0.0873 e. The van der Waals surface area contributed by atoms with Crippen LogP contribution in [0, 0.1) is 10.8 Å². The Labute approximate surface area is 279 Å². The SMILES string of the molecule is N=C1C=Cc2ccc3cc(N(c4ccccc4)c4ccc5c(c4)C4(c6ccccc6-c6ccccc64)c4ccccc4-5)ccc3c2C1=N. The van der Waals surface area contributed by atoms with Crippen LogP contribution < -0.4 is 4.90 Å². The Morgan fingerprint density at radius 1 is 0.438 bits per heavy atom. The lowest BCUT2D eigenvalue weighted by Gasteiger charge is -2.32. The van der Waals surface area contributed by atoms with E-state index in [1.807, 2.05) is 6.08 Å². The number of para-hydroxylation sites is 1. The molecule has 0 heterocycles. The number of fused-ring (bicyclic) bond motifs is 13. The fourth-order valence-corrected chi connectivity index (χ4v) is 8.53. The minimum absolute atomic E-state index is 0.244. The van der Waals surface area contributed by atoms with Gasteiger partial charge in [0.15, 0.2) is 0 Å². The number of rotatable bonds is 3. The highest BCUT2D eigenvalue weighted by molar-refractivity contribution is 6.53. The highest BCUT2D eigenvalue weighted by atomic mass is 15.1. The van der Waals surface area contributed by atoms with Gasteiger partial charge in [0.25, 0.3) is 0 Å². The fraction of sp³-hybridized carbons (Fsp3) is 0.0222. The lowest BCUT2D eigenvalue weighted by atomic mass is 9.70. The van der Waals surface area contributed by atoms with E-state index in [4.69, 9.17) is 10.8 Å². The predicted octanol–water partition coefficient (Wildman–Crippen LogP) is 11.1. The highest BCUT2D eigenvalue weighted by Crippen LogP contribution is 2.63. The molecule has 2 N–H and O–H groups in total. The van der Waals surface area contributed by atoms with Gasteiger partial charge in [-0.25, -0.2) is 0 Å². The van der Waals surface area contributed by atoms with Gasteiger partial charge in [-0.2, -0.15) is 0 Å². The molecule has 0 saturated heterocycles. The monoisotopic (exact) mass is 611 g/mol. The molecule has 0 saturated carbocycles. The van der Waals surface area contributed by atoms with Crippen LogP contribution in [0.1, 0.15) is 33.4 Å². The lowest BCUT2D eigenvalue weighted by Crippen LogP contribution is -2.26. The van der Waals surface area contributed by atoms with Gasteiger partial charge in [0.2, 0.25) is 0 Å². The minimum Gasteiger partial charge on any atom is -0.310 e. The average molecular weight is 612 g/mol. The molecular formula is C45H29N3. The second-order valence-corrected chi connectivity index (χ2v) is 12.8. The first-order valence-corrected chi connectivity index (χ1v) is 16.4. The zero-order valence-electron chi connectivity index (χ0n) is 26.0. The second-order valence-electron chi connectivity index (χ2n) is 12.8. The molecule has 0 radical (unpaired) electrons. The van der Waals surface area contributed by atoms with Gasteiger partial charge in [0, 0.05) is 22.6 Å². The smallest absolute Gasteiger partial charge is 0.0873 e. The Kier molecular flexibility index (Phi) is 5.51. The molecule has 0 bridgehead atoms. The van der Waals surface area contributed by atoms with Crippen LogP contribution in [0.2, 0.25) is 0 Å². The van der Waals surface area contributed by atoms with Crippen LogP contribution in [0.15, 0.2) is 158 Å². The summed E-state index contributed by atoms with van der Waals surface area (Å²) in [6.45, 7) is 0. The molecular weight excluding hydrogens is 583 g/mol. The number of benzene rings is 7. The first-order valence-electron chi connectivity index (χ1n) is 16.4. The van der Waals surface area contributed by atoms with Crippen molar-refractivity contribution < 1.29 is 0 Å². The van der Waals surface area contributed by atoms with E-state index in [1.54, 1.807) is 6.08 Å². The van der Waals surface area contributed by atoms with Crippen molar-refractivity contribution in [2.24, 2.45) is 0 Å². The molecule has 1 spiro atoms. The maximum absolute atomic E-state index is 8.69. The Balaban J connectivity index is 1.23. The average Bonchev–Trinajstić information content (AvgIpc) is 3.61. The predicted molar refractivity (Wildman–Crippen MR) is 199 cm³/mol. The molecule has 0 aliphatic heterocycles. The van der Waals surface area contributed by atoms with E-state index in [2.05, 4.69) is 157 Å². The van der Waals surface area contributed by atoms with E-state index in [-0.39, 0.29) is 11.4 Å². The number of hydrogen-bond donors (Lipinski definition) is 2. The van der Waals surface area contributed by atoms with Gasteiger partial charge < -0.3 is 4.90 Å². The first-order chi connectivity index (χ1) is 23.6. The number of nitrogens with one attached hydrogen (secondary N) is 2. The van der Waals surface area contributed by atoms with Gasteiger partial charge in [0.05, 0.1) is 16.8 Å². The summed E-state index contributed by atoms with van der Waals surface area (Å²) in [6, 6.07) is 55.0. The van der Waals surface area contributed by atoms with Crippen molar-refractivity contribution in [3.8, 4) is 22.3 Å². The van der Waals surface area contributed by atoms with Crippen LogP contribution in [0.25, 0.3) is 39.1 Å². The third-order valence-electron chi connectivity index (χ3n) is 10.5. The lowest BCUT2D eigenvalue weighted by molar-refractivity contribution is 0.793. The first kappa shape index (κ1) is 26.9. The van der Waals surface area contributed by atoms with Crippen LogP contribution in [-0.2, 0) is 5.41 Å². The molecule has 7 aromatic carbocycles. The summed E-state index contributed by atoms with van der Waals surface area (Å²) in [5.74, 6) is 0. The van der Waals surface area contributed by atoms with E-state index < -0.39 is 5.41 Å². The van der Waals surface area contributed by atoms with Gasteiger partial charge in [-0.3, -0.25) is 10.8 Å². The molecule has 10 rings (SSSR count). The Morgan fingerprint density at radius 2 is 1.00 bits per heavy atom. The van der Waals surface area contributed by atoms with E-state index in [0.717, 1.165) is 39.0 Å². The van der Waals surface area contributed by atoms with Gasteiger partial charge in [-0.05, 0) is 103 Å². The van der Waals surface area contributed by atoms with Crippen molar-refractivity contribution in [1.29, 1.82) is 10.8 Å². The molecule has 0 atom stereocenters. The number of allylic oxidation sites excluding steroid dienone is 1. The Bertz CT molecular complexity index is 2490. The van der Waals surface area contributed by atoms with E-state index in [1.165, 1.54) is 44.5 Å². The highest BCUT2D eigenvalue weighted by Gasteiger charge is 2.51. The summed E-state index contributed by atoms with van der Waals surface area (Å²) in [6.07, 6.45) is 3.65. The van der Waals surface area contributed by atoms with Crippen molar-refractivity contribution in [2.45, 2.75) is 5.41 Å². The number of nitrogens with zero attached hydrogens (tertiary/aromatic N) is 1. The summed E-state index contributed by atoms with van der Waals surface area (Å²) in [5, 5.41) is 19.0. The zero-order chi connectivity index (χ0) is 32.0. The van der Waals surface area contributed by atoms with Crippen LogP contribution in [0.5, 0.6) is 0 Å². The molecule has 7 aromatic rings. The zero-order valence-corrected chi connectivity index (χ0v) is 26.0. The minimum atomic E-state index is -0.418. The van der Waals surface area contributed by atoms with Crippen molar-refractivity contribution in [2.75, 3.05) is 4.90 Å². The third kappa shape index (κ3) is 3.48. The molecule has 3 heteroatoms. The molecule has 3 aliphatic carbocycles. The van der Waals surface area contributed by atoms with Crippen molar-refractivity contribution >= 4 is 45.3 Å². The van der Waals surface area contributed by atoms with Crippen molar-refractivity contribution in [3.05, 3.63) is 191 Å². The van der Waals surface area contributed by atoms with Gasteiger partial charge in [-0.1, -0.05) is 121 Å². The number of anilines is 3. The van der Waals surface area contributed by atoms with E-state index >= 15 is 0 Å². The second kappa shape index (κ2) is 9.84. The summed E-state index contributed by atoms with van der Waals surface area (Å²) in [5.41, 5.74) is 15.6. The fourth-order valence-electron chi connectivity index (χ4n) is 8.53. The molecule has 224 valence electrons. The molecule has 3 aliphatic rings. The standard InChI is InChI=1S/C45H29N3/c46-42-25-20-28-18-19-29-26-31(21-23-33(29)43(28)44(42)47)48(30-10-2-1-3-11-30)32-22-24-37-36-14-6-9-17-40(36)45(41(37)27-32)38-15-7-4-12-34(38)35-13-5-8-16-39(35)45/h1-27,46-47H. The molecule has 0 aromatic heterocycles. The summed E-state index contributed by atoms with van der Waals surface area (Å²) in [4.78, 5) is 2.34. The topological polar surface area (TPSA) is 50.9 Å². The molecule has 3 nitrogen and oxygen atoms in total. The summed E-state index contributed by atoms with van der Waals surface area (Å²) < 4.78 is 0. The van der Waals surface area contributed by atoms with Gasteiger partial charge >= 0.3 is 0 Å². The Hall–Kier alpha value is -6.32. The van der Waals surface area contributed by atoms with Crippen LogP contribution in [0.4, 0.5) is 17.1 Å². The third-order valence-corrected chi connectivity index (χ3v) is 10.5. The normalized spacial score (nSPS) is 14.4. The van der Waals surface area contributed by atoms with E-state index in [0.29, 0.717) is 0 Å². The summed E-state index contributed by atoms with van der Waals surface area (Å²) >= 11 is 0. The van der Waals surface area contributed by atoms with E-state index in [9.17, 15) is 0 Å². The van der Waals surface area contributed by atoms with Crippen molar-refractivity contribution in [3.63, 3.8) is 0 Å². The molecule has 0 fully saturated rings. The van der Waals surface area contributed by atoms with Gasteiger partial charge in [0.1, 0.15) is 0 Å². The van der Waals surface area contributed by atoms with Crippen LogP contribution in [-0.4, -0.2) is 11.4 Å². The Morgan fingerprint density at radius 3 is 1.67 bits per heavy atom.